The summed E-state index contributed by atoms with van der Waals surface area (Å²) < 4.78 is 18.9. The van der Waals surface area contributed by atoms with Crippen LogP contribution in [0.25, 0.3) is 0 Å². The third-order valence-electron chi connectivity index (χ3n) is 2.87. The Labute approximate surface area is 102 Å². The van der Waals surface area contributed by atoms with Crippen LogP contribution in [0.3, 0.4) is 0 Å². The zero-order chi connectivity index (χ0) is 12.8. The highest BCUT2D eigenvalue weighted by molar-refractivity contribution is 5.41. The quantitative estimate of drug-likeness (QED) is 0.817. The van der Waals surface area contributed by atoms with Crippen molar-refractivity contribution in [3.8, 4) is 11.5 Å². The van der Waals surface area contributed by atoms with E-state index in [1.165, 1.54) is 12.1 Å². The summed E-state index contributed by atoms with van der Waals surface area (Å²) in [5, 5.41) is 9.34. The van der Waals surface area contributed by atoms with Crippen LogP contribution < -0.4 is 4.74 Å². The molecule has 0 spiro atoms. The zero-order valence-electron chi connectivity index (χ0n) is 10.8. The van der Waals surface area contributed by atoms with E-state index in [9.17, 15) is 9.50 Å². The Balaban J connectivity index is 2.84. The van der Waals surface area contributed by atoms with Crippen LogP contribution in [0.4, 0.5) is 4.39 Å². The summed E-state index contributed by atoms with van der Waals surface area (Å²) in [6, 6.07) is 2.74. The molecule has 0 saturated carbocycles. The van der Waals surface area contributed by atoms with Crippen molar-refractivity contribution in [2.45, 2.75) is 40.0 Å². The molecule has 0 aliphatic rings. The summed E-state index contributed by atoms with van der Waals surface area (Å²) in [6.45, 7) is 6.81. The molecule has 0 amide bonds. The van der Waals surface area contributed by atoms with Crippen molar-refractivity contribution in [1.82, 2.24) is 0 Å². The molecule has 96 valence electrons. The van der Waals surface area contributed by atoms with Gasteiger partial charge in [-0.05, 0) is 24.0 Å². The highest BCUT2D eigenvalue weighted by Gasteiger charge is 2.11. The van der Waals surface area contributed by atoms with Crippen LogP contribution in [-0.4, -0.2) is 11.7 Å². The standard InChI is InChI=1S/C14H21FO2/c1-4-6-11-7-13(16)12(15)8-14(11)17-9-10(3)5-2/h7-8,10,16H,4-6,9H2,1-3H3/t10-/m0/s1. The molecule has 2 nitrogen and oxygen atoms in total. The van der Waals surface area contributed by atoms with E-state index in [1.807, 2.05) is 6.92 Å². The van der Waals surface area contributed by atoms with Crippen molar-refractivity contribution < 1.29 is 14.2 Å². The first kappa shape index (κ1) is 13.8. The van der Waals surface area contributed by atoms with Gasteiger partial charge in [-0.25, -0.2) is 4.39 Å². The zero-order valence-corrected chi connectivity index (χ0v) is 10.8. The van der Waals surface area contributed by atoms with Gasteiger partial charge in [0.1, 0.15) is 5.75 Å². The fraction of sp³-hybridized carbons (Fsp3) is 0.571. The van der Waals surface area contributed by atoms with Crippen LogP contribution in [0.2, 0.25) is 0 Å². The van der Waals surface area contributed by atoms with E-state index in [2.05, 4.69) is 13.8 Å². The molecule has 0 aliphatic heterocycles. The Hall–Kier alpha value is -1.25. The van der Waals surface area contributed by atoms with Gasteiger partial charge in [-0.2, -0.15) is 0 Å². The minimum Gasteiger partial charge on any atom is -0.505 e. The van der Waals surface area contributed by atoms with Crippen molar-refractivity contribution in [1.29, 1.82) is 0 Å². The number of rotatable bonds is 6. The smallest absolute Gasteiger partial charge is 0.168 e. The van der Waals surface area contributed by atoms with Gasteiger partial charge in [-0.3, -0.25) is 0 Å². The maximum atomic E-state index is 13.3. The SMILES string of the molecule is CCCc1cc(O)c(F)cc1OC[C@@H](C)CC. The average molecular weight is 240 g/mol. The van der Waals surface area contributed by atoms with Crippen LogP contribution in [0.5, 0.6) is 11.5 Å². The first-order valence-electron chi connectivity index (χ1n) is 6.22. The van der Waals surface area contributed by atoms with E-state index in [-0.39, 0.29) is 5.75 Å². The molecule has 17 heavy (non-hydrogen) atoms. The average Bonchev–Trinajstić information content (AvgIpc) is 2.31. The Bertz CT molecular complexity index is 363. The summed E-state index contributed by atoms with van der Waals surface area (Å²) in [6.07, 6.45) is 2.75. The molecule has 1 aromatic carbocycles. The Morgan fingerprint density at radius 2 is 2.06 bits per heavy atom. The van der Waals surface area contributed by atoms with Crippen molar-refractivity contribution in [3.63, 3.8) is 0 Å². The second-order valence-corrected chi connectivity index (χ2v) is 4.49. The maximum Gasteiger partial charge on any atom is 0.168 e. The third kappa shape index (κ3) is 3.91. The lowest BCUT2D eigenvalue weighted by molar-refractivity contribution is 0.252. The van der Waals surface area contributed by atoms with E-state index in [0.29, 0.717) is 18.3 Å². The number of benzene rings is 1. The lowest BCUT2D eigenvalue weighted by atomic mass is 10.1. The summed E-state index contributed by atoms with van der Waals surface area (Å²) in [5.74, 6) is 0.0807. The highest BCUT2D eigenvalue weighted by atomic mass is 19.1. The summed E-state index contributed by atoms with van der Waals surface area (Å²) in [4.78, 5) is 0. The maximum absolute atomic E-state index is 13.3. The van der Waals surface area contributed by atoms with Crippen molar-refractivity contribution >= 4 is 0 Å². The van der Waals surface area contributed by atoms with E-state index < -0.39 is 5.82 Å². The van der Waals surface area contributed by atoms with Crippen LogP contribution >= 0.6 is 0 Å². The van der Waals surface area contributed by atoms with E-state index in [4.69, 9.17) is 4.74 Å². The molecule has 0 fully saturated rings. The van der Waals surface area contributed by atoms with Gasteiger partial charge in [0, 0.05) is 6.07 Å². The molecule has 1 N–H and O–H groups in total. The fourth-order valence-corrected chi connectivity index (χ4v) is 1.54. The number of aryl methyl sites for hydroxylation is 1. The topological polar surface area (TPSA) is 29.5 Å². The number of halogens is 1. The lowest BCUT2D eigenvalue weighted by Gasteiger charge is -2.15. The van der Waals surface area contributed by atoms with Crippen LogP contribution in [0.15, 0.2) is 12.1 Å². The molecule has 1 aromatic rings. The van der Waals surface area contributed by atoms with Crippen LogP contribution in [0, 0.1) is 11.7 Å². The Morgan fingerprint density at radius 1 is 1.35 bits per heavy atom. The third-order valence-corrected chi connectivity index (χ3v) is 2.87. The molecule has 0 saturated heterocycles. The summed E-state index contributed by atoms with van der Waals surface area (Å²) in [7, 11) is 0. The van der Waals surface area contributed by atoms with Crippen molar-refractivity contribution in [2.24, 2.45) is 5.92 Å². The second-order valence-electron chi connectivity index (χ2n) is 4.49. The summed E-state index contributed by atoms with van der Waals surface area (Å²) >= 11 is 0. The van der Waals surface area contributed by atoms with E-state index in [1.54, 1.807) is 0 Å². The molecule has 1 rings (SSSR count). The van der Waals surface area contributed by atoms with Gasteiger partial charge in [-0.15, -0.1) is 0 Å². The number of aromatic hydroxyl groups is 1. The minimum atomic E-state index is -0.621. The molecule has 0 heterocycles. The van der Waals surface area contributed by atoms with Gasteiger partial charge in [0.2, 0.25) is 0 Å². The molecule has 0 unspecified atom stereocenters. The molecular weight excluding hydrogens is 219 g/mol. The largest absolute Gasteiger partial charge is 0.505 e. The fourth-order valence-electron chi connectivity index (χ4n) is 1.54. The van der Waals surface area contributed by atoms with Crippen LogP contribution in [0.1, 0.15) is 39.2 Å². The van der Waals surface area contributed by atoms with Gasteiger partial charge in [0.05, 0.1) is 6.61 Å². The number of hydrogen-bond acceptors (Lipinski definition) is 2. The molecule has 3 heteroatoms. The van der Waals surface area contributed by atoms with Crippen LogP contribution in [-0.2, 0) is 6.42 Å². The van der Waals surface area contributed by atoms with Crippen molar-refractivity contribution in [3.05, 3.63) is 23.5 Å². The lowest BCUT2D eigenvalue weighted by Crippen LogP contribution is -2.08. The van der Waals surface area contributed by atoms with Gasteiger partial charge in [-0.1, -0.05) is 33.6 Å². The Kier molecular flexibility index (Phi) is 5.26. The number of ether oxygens (including phenoxy) is 1. The highest BCUT2D eigenvalue weighted by Crippen LogP contribution is 2.28. The first-order valence-corrected chi connectivity index (χ1v) is 6.22. The van der Waals surface area contributed by atoms with Gasteiger partial charge in [0.25, 0.3) is 0 Å². The molecule has 0 aliphatic carbocycles. The molecule has 0 bridgehead atoms. The number of phenolic OH excluding ortho intramolecular Hbond substituents is 1. The predicted octanol–water partition coefficient (Wildman–Crippen LogP) is 3.91. The monoisotopic (exact) mass is 240 g/mol. The number of hydrogen-bond donors (Lipinski definition) is 1. The second kappa shape index (κ2) is 6.48. The Morgan fingerprint density at radius 3 is 2.65 bits per heavy atom. The van der Waals surface area contributed by atoms with Gasteiger partial charge >= 0.3 is 0 Å². The van der Waals surface area contributed by atoms with E-state index in [0.717, 1.165) is 24.8 Å². The molecule has 1 atom stereocenters. The van der Waals surface area contributed by atoms with Gasteiger partial charge in [0.15, 0.2) is 11.6 Å². The molecule has 0 radical (unpaired) electrons. The summed E-state index contributed by atoms with van der Waals surface area (Å²) in [5.41, 5.74) is 0.870. The molecule has 0 aromatic heterocycles. The minimum absolute atomic E-state index is 0.302. The van der Waals surface area contributed by atoms with Crippen molar-refractivity contribution in [2.75, 3.05) is 6.61 Å². The predicted molar refractivity (Wildman–Crippen MR) is 67.0 cm³/mol. The molecular formula is C14H21FO2. The first-order chi connectivity index (χ1) is 8.08. The van der Waals surface area contributed by atoms with Gasteiger partial charge < -0.3 is 9.84 Å². The van der Waals surface area contributed by atoms with E-state index >= 15 is 0 Å². The number of phenols is 1. The normalized spacial score (nSPS) is 12.5.